The summed E-state index contributed by atoms with van der Waals surface area (Å²) in [6, 6.07) is 8.68. The van der Waals surface area contributed by atoms with Gasteiger partial charge in [0, 0.05) is 35.4 Å². The molecule has 2 heterocycles. The zero-order valence-corrected chi connectivity index (χ0v) is 31.8. The molecule has 0 spiro atoms. The Morgan fingerprint density at radius 1 is 1.12 bits per heavy atom. The fraction of sp³-hybridized carbons (Fsp3) is 0.371. The average Bonchev–Trinajstić information content (AvgIpc) is 3.67. The second kappa shape index (κ2) is 21.5. The highest BCUT2D eigenvalue weighted by Crippen LogP contribution is 2.42. The SMILES string of the molecule is C[C@@H](SC1COC(/C=C/C=C/c2ccc(C#N)cc2F)OC1)[C@@](Cn1cncn1)(OC(=O)OCOC(=O)CCC(=O)NCCOP(=O)(O)O)c1ccc(F)cc1F. The highest BCUT2D eigenvalue weighted by Gasteiger charge is 2.47. The lowest BCUT2D eigenvalue weighted by atomic mass is 9.89. The molecule has 1 aromatic heterocycles. The number of esters is 1. The summed E-state index contributed by atoms with van der Waals surface area (Å²) in [4.78, 5) is 58.5. The van der Waals surface area contributed by atoms with Gasteiger partial charge in [0.05, 0.1) is 49.7 Å². The number of hydrogen-bond donors (Lipinski definition) is 3. The largest absolute Gasteiger partial charge is 0.512 e. The van der Waals surface area contributed by atoms with Gasteiger partial charge in [0.25, 0.3) is 0 Å². The fourth-order valence-electron chi connectivity index (χ4n) is 5.18. The molecule has 1 saturated heterocycles. The van der Waals surface area contributed by atoms with Crippen LogP contribution in [0.5, 0.6) is 0 Å². The van der Waals surface area contributed by atoms with Gasteiger partial charge >= 0.3 is 19.9 Å². The number of nitrogens with zero attached hydrogens (tertiary/aromatic N) is 4. The van der Waals surface area contributed by atoms with Gasteiger partial charge in [-0.1, -0.05) is 24.3 Å². The maximum Gasteiger partial charge on any atom is 0.512 e. The Bertz CT molecular complexity index is 1990. The molecule has 22 heteroatoms. The lowest BCUT2D eigenvalue weighted by Crippen LogP contribution is -2.47. The van der Waals surface area contributed by atoms with Crippen LogP contribution < -0.4 is 5.32 Å². The van der Waals surface area contributed by atoms with Crippen LogP contribution in [0.1, 0.15) is 36.5 Å². The van der Waals surface area contributed by atoms with E-state index in [1.165, 1.54) is 47.3 Å². The molecule has 2 aromatic carbocycles. The molecule has 3 N–H and O–H groups in total. The average molecular weight is 840 g/mol. The Kier molecular flexibility index (Phi) is 16.8. The van der Waals surface area contributed by atoms with Crippen molar-refractivity contribution in [3.63, 3.8) is 0 Å². The summed E-state index contributed by atoms with van der Waals surface area (Å²) in [5.41, 5.74) is -1.72. The number of carbonyl (C=O) groups is 3. The number of carbonyl (C=O) groups excluding carboxylic acids is 3. The van der Waals surface area contributed by atoms with Gasteiger partial charge in [-0.2, -0.15) is 10.4 Å². The van der Waals surface area contributed by atoms with E-state index in [9.17, 15) is 27.7 Å². The minimum atomic E-state index is -4.70. The van der Waals surface area contributed by atoms with Gasteiger partial charge < -0.3 is 38.8 Å². The molecule has 0 saturated carbocycles. The first kappa shape index (κ1) is 44.6. The number of benzene rings is 2. The standard InChI is InChI=1S/C35H37F3N5O12PS/c1-23(57-27-17-50-33(51-18-27)5-3-2-4-25-7-6-24(16-39)14-29(25)37)35(19-43-21-40-20-42-43,28-9-8-26(36)15-30(28)38)55-34(46)53-22-52-32(45)11-10-31(44)41-12-13-54-56(47,48)49/h2-9,14-15,20-21,23,27,33H,10-13,17-19,22H2,1H3,(H,41,44)(H2,47,48,49)/b4-2+,5-3+/t23-,27?,33?,35-/m1/s1. The molecule has 0 aliphatic carbocycles. The van der Waals surface area contributed by atoms with Gasteiger partial charge in [0.1, 0.15) is 30.1 Å². The number of nitriles is 1. The van der Waals surface area contributed by atoms with E-state index in [2.05, 4.69) is 19.9 Å². The first-order valence-corrected chi connectivity index (χ1v) is 19.3. The van der Waals surface area contributed by atoms with Crippen molar-refractivity contribution in [1.29, 1.82) is 5.26 Å². The maximum atomic E-state index is 15.6. The third-order valence-corrected chi connectivity index (χ3v) is 9.85. The number of phosphoric acid groups is 1. The van der Waals surface area contributed by atoms with E-state index < -0.39 is 85.5 Å². The molecule has 0 bridgehead atoms. The molecule has 306 valence electrons. The third kappa shape index (κ3) is 14.4. The summed E-state index contributed by atoms with van der Waals surface area (Å²) in [6.07, 6.45) is 5.78. The Hall–Kier alpha value is -5.07. The van der Waals surface area contributed by atoms with E-state index in [-0.39, 0.29) is 49.4 Å². The number of allylic oxidation sites excluding steroid dienone is 2. The fourth-order valence-corrected chi connectivity index (χ4v) is 6.87. The second-order valence-electron chi connectivity index (χ2n) is 11.9. The van der Waals surface area contributed by atoms with E-state index in [1.807, 2.05) is 6.07 Å². The van der Waals surface area contributed by atoms with Crippen LogP contribution in [0.15, 0.2) is 67.3 Å². The van der Waals surface area contributed by atoms with Crippen LogP contribution >= 0.6 is 19.6 Å². The first-order chi connectivity index (χ1) is 27.2. The van der Waals surface area contributed by atoms with Crippen LogP contribution in [0, 0.1) is 28.8 Å². The Labute approximate surface area is 328 Å². The summed E-state index contributed by atoms with van der Waals surface area (Å²) in [5.74, 6) is -4.10. The predicted molar refractivity (Wildman–Crippen MR) is 193 cm³/mol. The number of aromatic nitrogens is 3. The number of phosphoric ester groups is 1. The van der Waals surface area contributed by atoms with E-state index >= 15 is 4.39 Å². The van der Waals surface area contributed by atoms with Crippen molar-refractivity contribution in [2.45, 2.75) is 48.7 Å². The van der Waals surface area contributed by atoms with Crippen molar-refractivity contribution in [3.05, 3.63) is 101 Å². The number of rotatable bonds is 19. The summed E-state index contributed by atoms with van der Waals surface area (Å²) in [6.45, 7) is -0.121. The number of halogens is 3. The number of thioether (sulfide) groups is 1. The number of ether oxygens (including phenoxy) is 5. The second-order valence-corrected chi connectivity index (χ2v) is 14.8. The van der Waals surface area contributed by atoms with E-state index in [0.29, 0.717) is 6.07 Å². The van der Waals surface area contributed by atoms with E-state index in [0.717, 1.165) is 18.2 Å². The third-order valence-electron chi connectivity index (χ3n) is 7.88. The van der Waals surface area contributed by atoms with Crippen molar-refractivity contribution in [1.82, 2.24) is 20.1 Å². The summed E-state index contributed by atoms with van der Waals surface area (Å²) >= 11 is 1.20. The van der Waals surface area contributed by atoms with Crippen molar-refractivity contribution < 1.29 is 70.1 Å². The van der Waals surface area contributed by atoms with Gasteiger partial charge in [0.2, 0.25) is 12.7 Å². The molecule has 2 atom stereocenters. The molecule has 4 rings (SSSR count). The summed E-state index contributed by atoms with van der Waals surface area (Å²) in [5, 5.41) is 14.0. The normalized spacial score (nSPS) is 17.4. The van der Waals surface area contributed by atoms with E-state index in [4.69, 9.17) is 38.7 Å². The molecule has 1 aliphatic rings. The minimum Gasteiger partial charge on any atom is -0.428 e. The van der Waals surface area contributed by atoms with Crippen LogP contribution in [0.3, 0.4) is 0 Å². The number of amides is 1. The predicted octanol–water partition coefficient (Wildman–Crippen LogP) is 4.25. The summed E-state index contributed by atoms with van der Waals surface area (Å²) in [7, 11) is -4.70. The van der Waals surface area contributed by atoms with Crippen molar-refractivity contribution in [2.24, 2.45) is 0 Å². The Morgan fingerprint density at radius 3 is 2.56 bits per heavy atom. The molecule has 17 nitrogen and oxygen atoms in total. The van der Waals surface area contributed by atoms with Gasteiger partial charge in [-0.3, -0.25) is 14.1 Å². The molecule has 1 amide bonds. The monoisotopic (exact) mass is 839 g/mol. The zero-order chi connectivity index (χ0) is 41.4. The first-order valence-electron chi connectivity index (χ1n) is 16.9. The van der Waals surface area contributed by atoms with Crippen LogP contribution in [-0.4, -0.2) is 92.5 Å². The van der Waals surface area contributed by atoms with E-state index in [1.54, 1.807) is 25.2 Å². The summed E-state index contributed by atoms with van der Waals surface area (Å²) < 4.78 is 87.4. The smallest absolute Gasteiger partial charge is 0.428 e. The van der Waals surface area contributed by atoms with Gasteiger partial charge in [-0.25, -0.2) is 32.2 Å². The molecule has 1 fully saturated rings. The van der Waals surface area contributed by atoms with Gasteiger partial charge in [0.15, 0.2) is 11.9 Å². The number of nitrogens with one attached hydrogen (secondary N) is 1. The Morgan fingerprint density at radius 2 is 1.89 bits per heavy atom. The molecule has 1 aliphatic heterocycles. The van der Waals surface area contributed by atoms with Gasteiger partial charge in [-0.15, -0.1) is 11.8 Å². The molecule has 0 radical (unpaired) electrons. The van der Waals surface area contributed by atoms with Crippen LogP contribution in [0.25, 0.3) is 6.08 Å². The topological polar surface area (TPSA) is 231 Å². The molecule has 0 unspecified atom stereocenters. The van der Waals surface area contributed by atoms with Gasteiger partial charge in [-0.05, 0) is 37.3 Å². The Balaban J connectivity index is 1.38. The molecular weight excluding hydrogens is 802 g/mol. The number of hydrogen-bond acceptors (Lipinski definition) is 14. The maximum absolute atomic E-state index is 15.6. The van der Waals surface area contributed by atoms with Crippen molar-refractivity contribution in [2.75, 3.05) is 33.2 Å². The highest BCUT2D eigenvalue weighted by molar-refractivity contribution is 8.00. The zero-order valence-electron chi connectivity index (χ0n) is 30.1. The van der Waals surface area contributed by atoms with Crippen LogP contribution in [-0.2, 0) is 54.5 Å². The highest BCUT2D eigenvalue weighted by atomic mass is 32.2. The lowest BCUT2D eigenvalue weighted by molar-refractivity contribution is -0.156. The molecular formula is C35H37F3N5O12PS. The van der Waals surface area contributed by atoms with Crippen LogP contribution in [0.2, 0.25) is 0 Å². The molecule has 57 heavy (non-hydrogen) atoms. The van der Waals surface area contributed by atoms with Crippen molar-refractivity contribution in [3.8, 4) is 6.07 Å². The van der Waals surface area contributed by atoms with Crippen LogP contribution in [0.4, 0.5) is 18.0 Å². The molecule has 3 aromatic rings. The minimum absolute atomic E-state index is 0.128. The lowest BCUT2D eigenvalue weighted by Gasteiger charge is -2.40. The van der Waals surface area contributed by atoms with Crippen molar-refractivity contribution >= 4 is 43.7 Å². The quantitative estimate of drug-likeness (QED) is 0.0504.